The number of hydrogen-bond acceptors (Lipinski definition) is 4. The zero-order valence-corrected chi connectivity index (χ0v) is 24.4. The van der Waals surface area contributed by atoms with Crippen LogP contribution in [0.2, 0.25) is 5.02 Å². The number of halogens is 1. The molecule has 0 aliphatic carbocycles. The van der Waals surface area contributed by atoms with E-state index in [0.717, 1.165) is 15.4 Å². The van der Waals surface area contributed by atoms with E-state index in [0.29, 0.717) is 18.0 Å². The number of sulfonamides is 1. The molecule has 1 unspecified atom stereocenters. The van der Waals surface area contributed by atoms with Gasteiger partial charge in [-0.3, -0.25) is 13.9 Å². The Bertz CT molecular complexity index is 1370. The molecule has 0 bridgehead atoms. The highest BCUT2D eigenvalue weighted by Crippen LogP contribution is 2.28. The number of nitrogens with one attached hydrogen (secondary N) is 1. The van der Waals surface area contributed by atoms with E-state index < -0.39 is 28.5 Å². The number of nitrogens with zero attached hydrogens (tertiary/aromatic N) is 2. The standard InChI is InChI=1S/C30H36ClN3O4S/c1-5-28(30(36)32-19-22(2)3)33(20-24-12-8-6-9-13-24)29(35)21-34(25-17-16-23(4)27(31)18-25)39(37,38)26-14-10-7-11-15-26/h6-18,22,28H,5,19-21H2,1-4H3,(H,32,36). The largest absolute Gasteiger partial charge is 0.354 e. The Morgan fingerprint density at radius 3 is 2.13 bits per heavy atom. The quantitative estimate of drug-likeness (QED) is 0.315. The molecule has 0 fully saturated rings. The Balaban J connectivity index is 2.04. The summed E-state index contributed by atoms with van der Waals surface area (Å²) in [6, 6.07) is 21.4. The lowest BCUT2D eigenvalue weighted by atomic mass is 10.1. The highest BCUT2D eigenvalue weighted by molar-refractivity contribution is 7.92. The van der Waals surface area contributed by atoms with E-state index in [1.165, 1.54) is 17.0 Å². The van der Waals surface area contributed by atoms with Crippen molar-refractivity contribution in [1.82, 2.24) is 10.2 Å². The summed E-state index contributed by atoms with van der Waals surface area (Å²) in [5, 5.41) is 3.31. The molecule has 0 aliphatic heterocycles. The number of carbonyl (C=O) groups is 2. The van der Waals surface area contributed by atoms with Crippen molar-refractivity contribution >= 4 is 39.1 Å². The molecule has 39 heavy (non-hydrogen) atoms. The maximum absolute atomic E-state index is 14.0. The average molecular weight is 570 g/mol. The lowest BCUT2D eigenvalue weighted by Crippen LogP contribution is -2.52. The summed E-state index contributed by atoms with van der Waals surface area (Å²) in [5.41, 5.74) is 1.87. The number of carbonyl (C=O) groups excluding carboxylic acids is 2. The fourth-order valence-corrected chi connectivity index (χ4v) is 5.71. The number of amides is 2. The molecule has 3 rings (SSSR count). The molecule has 0 heterocycles. The molecule has 1 atom stereocenters. The topological polar surface area (TPSA) is 86.8 Å². The van der Waals surface area contributed by atoms with Gasteiger partial charge >= 0.3 is 0 Å². The first kappa shape index (κ1) is 30.2. The Morgan fingerprint density at radius 2 is 1.56 bits per heavy atom. The van der Waals surface area contributed by atoms with Crippen molar-refractivity contribution in [3.8, 4) is 0 Å². The Morgan fingerprint density at radius 1 is 0.949 bits per heavy atom. The summed E-state index contributed by atoms with van der Waals surface area (Å²) >= 11 is 6.37. The van der Waals surface area contributed by atoms with Crippen molar-refractivity contribution < 1.29 is 18.0 Å². The van der Waals surface area contributed by atoms with Crippen LogP contribution in [0.25, 0.3) is 0 Å². The number of rotatable bonds is 12. The Hall–Kier alpha value is -3.36. The molecule has 3 aromatic carbocycles. The van der Waals surface area contributed by atoms with Crippen LogP contribution in [-0.2, 0) is 26.2 Å². The Kier molecular flexibility index (Phi) is 10.5. The first-order valence-electron chi connectivity index (χ1n) is 13.0. The highest BCUT2D eigenvalue weighted by Gasteiger charge is 2.33. The number of aryl methyl sites for hydroxylation is 1. The van der Waals surface area contributed by atoms with E-state index in [1.807, 2.05) is 58.0 Å². The van der Waals surface area contributed by atoms with Crippen molar-refractivity contribution in [2.45, 2.75) is 51.6 Å². The van der Waals surface area contributed by atoms with Crippen molar-refractivity contribution in [3.05, 3.63) is 95.0 Å². The van der Waals surface area contributed by atoms with Gasteiger partial charge in [-0.15, -0.1) is 0 Å². The third-order valence-corrected chi connectivity index (χ3v) is 8.51. The Labute approximate surface area is 236 Å². The lowest BCUT2D eigenvalue weighted by Gasteiger charge is -2.33. The third kappa shape index (κ3) is 7.83. The van der Waals surface area contributed by atoms with E-state index >= 15 is 0 Å². The van der Waals surface area contributed by atoms with Gasteiger partial charge in [0.2, 0.25) is 11.8 Å². The van der Waals surface area contributed by atoms with E-state index in [2.05, 4.69) is 5.32 Å². The fourth-order valence-electron chi connectivity index (χ4n) is 4.11. The van der Waals surface area contributed by atoms with E-state index in [4.69, 9.17) is 11.6 Å². The smallest absolute Gasteiger partial charge is 0.264 e. The van der Waals surface area contributed by atoms with Crippen molar-refractivity contribution in [3.63, 3.8) is 0 Å². The van der Waals surface area contributed by atoms with Gasteiger partial charge in [-0.2, -0.15) is 0 Å². The van der Waals surface area contributed by atoms with Gasteiger partial charge in [0, 0.05) is 18.1 Å². The molecular formula is C30H36ClN3O4S. The molecule has 3 aromatic rings. The summed E-state index contributed by atoms with van der Waals surface area (Å²) in [5.74, 6) is -0.532. The van der Waals surface area contributed by atoms with Crippen LogP contribution in [0, 0.1) is 12.8 Å². The van der Waals surface area contributed by atoms with Crippen LogP contribution in [-0.4, -0.2) is 44.3 Å². The molecule has 7 nitrogen and oxygen atoms in total. The molecule has 208 valence electrons. The third-order valence-electron chi connectivity index (χ3n) is 6.32. The summed E-state index contributed by atoms with van der Waals surface area (Å²) in [4.78, 5) is 28.7. The summed E-state index contributed by atoms with van der Waals surface area (Å²) in [7, 11) is -4.13. The van der Waals surface area contributed by atoms with E-state index in [1.54, 1.807) is 36.4 Å². The van der Waals surface area contributed by atoms with Crippen molar-refractivity contribution in [2.75, 3.05) is 17.4 Å². The van der Waals surface area contributed by atoms with Gasteiger partial charge in [-0.25, -0.2) is 8.42 Å². The van der Waals surface area contributed by atoms with Crippen LogP contribution in [0.3, 0.4) is 0 Å². The zero-order valence-electron chi connectivity index (χ0n) is 22.8. The molecule has 9 heteroatoms. The zero-order chi connectivity index (χ0) is 28.6. The first-order valence-corrected chi connectivity index (χ1v) is 14.8. The lowest BCUT2D eigenvalue weighted by molar-refractivity contribution is -0.140. The minimum Gasteiger partial charge on any atom is -0.354 e. The number of hydrogen-bond donors (Lipinski definition) is 1. The SMILES string of the molecule is CCC(C(=O)NCC(C)C)N(Cc1ccccc1)C(=O)CN(c1ccc(C)c(Cl)c1)S(=O)(=O)c1ccccc1. The van der Waals surface area contributed by atoms with Crippen molar-refractivity contribution in [2.24, 2.45) is 5.92 Å². The van der Waals surface area contributed by atoms with Gasteiger partial charge in [0.05, 0.1) is 10.6 Å². The molecule has 0 aliphatic rings. The van der Waals surface area contributed by atoms with Crippen LogP contribution in [0.15, 0.2) is 83.8 Å². The minimum absolute atomic E-state index is 0.0471. The molecule has 0 spiro atoms. The van der Waals surface area contributed by atoms with Gasteiger partial charge in [0.15, 0.2) is 0 Å². The van der Waals surface area contributed by atoms with Crippen LogP contribution in [0.4, 0.5) is 5.69 Å². The highest BCUT2D eigenvalue weighted by atomic mass is 35.5. The van der Waals surface area contributed by atoms with Gasteiger partial charge in [-0.05, 0) is 54.7 Å². The van der Waals surface area contributed by atoms with Crippen LogP contribution in [0.1, 0.15) is 38.3 Å². The number of benzene rings is 3. The molecular weight excluding hydrogens is 534 g/mol. The molecule has 0 saturated carbocycles. The number of anilines is 1. The van der Waals surface area contributed by atoms with E-state index in [9.17, 15) is 18.0 Å². The van der Waals surface area contributed by atoms with Gasteiger partial charge < -0.3 is 10.2 Å². The fraction of sp³-hybridized carbons (Fsp3) is 0.333. The van der Waals surface area contributed by atoms with Gasteiger partial charge in [0.25, 0.3) is 10.0 Å². The molecule has 0 aromatic heterocycles. The second kappa shape index (κ2) is 13.6. The first-order chi connectivity index (χ1) is 18.5. The molecule has 1 N–H and O–H groups in total. The molecule has 2 amide bonds. The van der Waals surface area contributed by atoms with Crippen LogP contribution in [0.5, 0.6) is 0 Å². The van der Waals surface area contributed by atoms with Gasteiger partial charge in [0.1, 0.15) is 12.6 Å². The second-order valence-electron chi connectivity index (χ2n) is 9.83. The predicted octanol–water partition coefficient (Wildman–Crippen LogP) is 5.42. The van der Waals surface area contributed by atoms with Gasteiger partial charge in [-0.1, -0.05) is 87.0 Å². The molecule has 0 radical (unpaired) electrons. The van der Waals surface area contributed by atoms with Crippen LogP contribution < -0.4 is 9.62 Å². The second-order valence-corrected chi connectivity index (χ2v) is 12.1. The monoisotopic (exact) mass is 569 g/mol. The summed E-state index contributed by atoms with van der Waals surface area (Å²) < 4.78 is 28.7. The minimum atomic E-state index is -4.13. The predicted molar refractivity (Wildman–Crippen MR) is 156 cm³/mol. The maximum atomic E-state index is 14.0. The maximum Gasteiger partial charge on any atom is 0.264 e. The summed E-state index contributed by atoms with van der Waals surface area (Å²) in [6.45, 7) is 7.76. The average Bonchev–Trinajstić information content (AvgIpc) is 2.92. The summed E-state index contributed by atoms with van der Waals surface area (Å²) in [6.07, 6.45) is 0.365. The van der Waals surface area contributed by atoms with Crippen molar-refractivity contribution in [1.29, 1.82) is 0 Å². The van der Waals surface area contributed by atoms with Crippen LogP contribution >= 0.6 is 11.6 Å². The molecule has 0 saturated heterocycles. The normalized spacial score (nSPS) is 12.2. The van der Waals surface area contributed by atoms with E-state index in [-0.39, 0.29) is 29.0 Å².